The minimum atomic E-state index is -4.02. The maximum atomic E-state index is 13.5. The number of fused-ring (bicyclic) bond motifs is 1. The minimum Gasteiger partial charge on any atom is -0.383 e. The highest BCUT2D eigenvalue weighted by molar-refractivity contribution is 7.92. The Hall–Kier alpha value is -3.81. The Bertz CT molecular complexity index is 1600. The molecule has 0 fully saturated rings. The van der Waals surface area contributed by atoms with Crippen LogP contribution in [0.2, 0.25) is 25.7 Å². The number of carbonyl (C=O) groups excluding carboxylic acids is 1. The van der Waals surface area contributed by atoms with E-state index in [4.69, 9.17) is 10.5 Å². The van der Waals surface area contributed by atoms with Gasteiger partial charge in [0.15, 0.2) is 5.69 Å². The van der Waals surface area contributed by atoms with Gasteiger partial charge in [-0.05, 0) is 30.7 Å². The Kier molecular flexibility index (Phi) is 8.56. The van der Waals surface area contributed by atoms with E-state index in [1.807, 2.05) is 30.3 Å². The number of aryl methyl sites for hydroxylation is 1. The number of nitrogen functional groups attached to an aromatic ring is 1. The zero-order chi connectivity index (χ0) is 29.1. The highest BCUT2D eigenvalue weighted by Crippen LogP contribution is 2.34. The first-order valence-electron chi connectivity index (χ1n) is 12.8. The molecule has 0 aliphatic rings. The lowest BCUT2D eigenvalue weighted by Crippen LogP contribution is -2.27. The van der Waals surface area contributed by atoms with E-state index in [-0.39, 0.29) is 40.8 Å². The lowest BCUT2D eigenvalue weighted by Gasteiger charge is -2.21. The van der Waals surface area contributed by atoms with E-state index in [0.717, 1.165) is 15.9 Å². The second-order valence-corrected chi connectivity index (χ2v) is 18.3. The Morgan fingerprint density at radius 3 is 2.48 bits per heavy atom. The number of sulfonamides is 1. The van der Waals surface area contributed by atoms with Crippen LogP contribution in [0.25, 0.3) is 10.9 Å². The number of anilines is 2. The van der Waals surface area contributed by atoms with Crippen LogP contribution in [0.15, 0.2) is 59.8 Å². The summed E-state index contributed by atoms with van der Waals surface area (Å²) in [5, 5.41) is 7.67. The molecule has 0 saturated carbocycles. The van der Waals surface area contributed by atoms with Crippen molar-refractivity contribution in [2.75, 3.05) is 23.7 Å². The molecule has 13 heteroatoms. The van der Waals surface area contributed by atoms with E-state index < -0.39 is 24.0 Å². The second-order valence-electron chi connectivity index (χ2n) is 10.7. The standard InChI is InChI=1S/C27H35N7O4SSi/c1-19-11-12-21(16-29-19)39(36,37)33(2)22-17-30-26(28)23-24(27(35)31-15-20-9-7-6-8-10-20)32-34(25(22)23)18-38-13-14-40(3,4)5/h6-12,16-17H,13-15,18H2,1-5H3,(H2,28,30)(H,31,35). The molecule has 0 spiro atoms. The minimum absolute atomic E-state index is 0.00335. The van der Waals surface area contributed by atoms with E-state index in [0.29, 0.717) is 17.8 Å². The van der Waals surface area contributed by atoms with Crippen molar-refractivity contribution in [1.29, 1.82) is 0 Å². The van der Waals surface area contributed by atoms with Crippen LogP contribution in [-0.4, -0.2) is 55.8 Å². The van der Waals surface area contributed by atoms with Crippen molar-refractivity contribution in [1.82, 2.24) is 25.1 Å². The van der Waals surface area contributed by atoms with Crippen LogP contribution < -0.4 is 15.4 Å². The third kappa shape index (κ3) is 6.49. The molecule has 0 aliphatic carbocycles. The fourth-order valence-electron chi connectivity index (χ4n) is 3.99. The quantitative estimate of drug-likeness (QED) is 0.201. The predicted octanol–water partition coefficient (Wildman–Crippen LogP) is 3.78. The first-order chi connectivity index (χ1) is 18.9. The summed E-state index contributed by atoms with van der Waals surface area (Å²) in [5.74, 6) is -0.409. The van der Waals surface area contributed by atoms with Gasteiger partial charge in [-0.1, -0.05) is 50.0 Å². The van der Waals surface area contributed by atoms with Gasteiger partial charge in [0.05, 0.1) is 17.3 Å². The van der Waals surface area contributed by atoms with E-state index >= 15 is 0 Å². The van der Waals surface area contributed by atoms with Crippen LogP contribution in [0.5, 0.6) is 0 Å². The summed E-state index contributed by atoms with van der Waals surface area (Å²) in [5.41, 5.74) is 8.45. The van der Waals surface area contributed by atoms with Gasteiger partial charge < -0.3 is 15.8 Å². The maximum Gasteiger partial charge on any atom is 0.272 e. The average Bonchev–Trinajstić information content (AvgIpc) is 3.30. The van der Waals surface area contributed by atoms with Gasteiger partial charge in [0.1, 0.15) is 23.0 Å². The van der Waals surface area contributed by atoms with Crippen molar-refractivity contribution >= 4 is 46.4 Å². The second kappa shape index (κ2) is 11.7. The monoisotopic (exact) mass is 581 g/mol. The Labute approximate surface area is 235 Å². The molecule has 1 aromatic carbocycles. The molecular formula is C27H35N7O4SSi. The predicted molar refractivity (Wildman–Crippen MR) is 158 cm³/mol. The summed E-state index contributed by atoms with van der Waals surface area (Å²) >= 11 is 0. The number of nitrogens with zero attached hydrogens (tertiary/aromatic N) is 5. The first kappa shape index (κ1) is 29.2. The van der Waals surface area contributed by atoms with Crippen LogP contribution in [-0.2, 0) is 28.0 Å². The van der Waals surface area contributed by atoms with Crippen LogP contribution in [0.1, 0.15) is 21.7 Å². The molecule has 3 heterocycles. The van der Waals surface area contributed by atoms with E-state index in [9.17, 15) is 13.2 Å². The highest BCUT2D eigenvalue weighted by Gasteiger charge is 2.29. The molecule has 0 atom stereocenters. The number of ether oxygens (including phenoxy) is 1. The Morgan fingerprint density at radius 1 is 1.10 bits per heavy atom. The van der Waals surface area contributed by atoms with Gasteiger partial charge in [-0.2, -0.15) is 5.10 Å². The molecule has 40 heavy (non-hydrogen) atoms. The van der Waals surface area contributed by atoms with Gasteiger partial charge in [-0.3, -0.25) is 14.1 Å². The molecule has 4 aromatic rings. The number of pyridine rings is 2. The van der Waals surface area contributed by atoms with Crippen molar-refractivity contribution < 1.29 is 17.9 Å². The molecule has 0 saturated heterocycles. The smallest absolute Gasteiger partial charge is 0.272 e. The molecule has 11 nitrogen and oxygen atoms in total. The number of benzene rings is 1. The highest BCUT2D eigenvalue weighted by atomic mass is 32.2. The first-order valence-corrected chi connectivity index (χ1v) is 18.0. The number of nitrogens with two attached hydrogens (primary N) is 1. The van der Waals surface area contributed by atoms with Crippen LogP contribution >= 0.6 is 0 Å². The largest absolute Gasteiger partial charge is 0.383 e. The number of amides is 1. The number of rotatable bonds is 11. The van der Waals surface area contributed by atoms with Crippen molar-refractivity contribution in [2.24, 2.45) is 0 Å². The number of carbonyl (C=O) groups is 1. The van der Waals surface area contributed by atoms with Crippen LogP contribution in [0, 0.1) is 6.92 Å². The average molecular weight is 582 g/mol. The van der Waals surface area contributed by atoms with Crippen molar-refractivity contribution in [3.63, 3.8) is 0 Å². The van der Waals surface area contributed by atoms with E-state index in [1.165, 1.54) is 30.2 Å². The SMILES string of the molecule is Cc1ccc(S(=O)(=O)N(C)c2cnc(N)c3c(C(=O)NCc4ccccc4)nn(COCC[Si](C)(C)C)c23)cn1. The van der Waals surface area contributed by atoms with Crippen LogP contribution in [0.4, 0.5) is 11.5 Å². The Morgan fingerprint density at radius 2 is 1.82 bits per heavy atom. The molecule has 212 valence electrons. The molecule has 0 aliphatic heterocycles. The Balaban J connectivity index is 1.76. The van der Waals surface area contributed by atoms with Gasteiger partial charge in [0.2, 0.25) is 0 Å². The summed E-state index contributed by atoms with van der Waals surface area (Å²) in [6, 6.07) is 13.5. The van der Waals surface area contributed by atoms with Gasteiger partial charge in [-0.25, -0.2) is 18.1 Å². The van der Waals surface area contributed by atoms with Crippen LogP contribution in [0.3, 0.4) is 0 Å². The molecule has 0 unspecified atom stereocenters. The summed E-state index contributed by atoms with van der Waals surface area (Å²) in [6.45, 7) is 9.31. The lowest BCUT2D eigenvalue weighted by atomic mass is 10.2. The van der Waals surface area contributed by atoms with Crippen molar-refractivity contribution in [3.05, 3.63) is 71.8 Å². The fourth-order valence-corrected chi connectivity index (χ4v) is 5.88. The zero-order valence-electron chi connectivity index (χ0n) is 23.4. The van der Waals surface area contributed by atoms with Gasteiger partial charge in [0.25, 0.3) is 15.9 Å². The summed E-state index contributed by atoms with van der Waals surface area (Å²) < 4.78 is 35.6. The van der Waals surface area contributed by atoms with Gasteiger partial charge >= 0.3 is 0 Å². The molecular weight excluding hydrogens is 546 g/mol. The third-order valence-corrected chi connectivity index (χ3v) is 9.84. The lowest BCUT2D eigenvalue weighted by molar-refractivity contribution is 0.0805. The summed E-state index contributed by atoms with van der Waals surface area (Å²) in [4.78, 5) is 21.7. The van der Waals surface area contributed by atoms with Crippen molar-refractivity contribution in [3.8, 4) is 0 Å². The van der Waals surface area contributed by atoms with E-state index in [1.54, 1.807) is 13.0 Å². The molecule has 1 amide bonds. The molecule has 4 rings (SSSR count). The maximum absolute atomic E-state index is 13.5. The normalized spacial score (nSPS) is 12.0. The topological polar surface area (TPSA) is 145 Å². The van der Waals surface area contributed by atoms with Gasteiger partial charge in [-0.15, -0.1) is 0 Å². The molecule has 0 radical (unpaired) electrons. The zero-order valence-corrected chi connectivity index (χ0v) is 25.2. The molecule has 0 bridgehead atoms. The fraction of sp³-hybridized carbons (Fsp3) is 0.333. The number of hydrogen-bond donors (Lipinski definition) is 2. The number of aromatic nitrogens is 4. The van der Waals surface area contributed by atoms with Crippen molar-refractivity contribution in [2.45, 2.75) is 50.8 Å². The third-order valence-electron chi connectivity index (χ3n) is 6.38. The molecule has 3 N–H and O–H groups in total. The van der Waals surface area contributed by atoms with E-state index in [2.05, 4.69) is 40.0 Å². The van der Waals surface area contributed by atoms with Gasteiger partial charge in [0, 0.05) is 40.2 Å². The number of nitrogens with one attached hydrogen (secondary N) is 1. The number of hydrogen-bond acceptors (Lipinski definition) is 8. The molecule has 3 aromatic heterocycles. The summed E-state index contributed by atoms with van der Waals surface area (Å²) in [6.07, 6.45) is 2.67. The summed E-state index contributed by atoms with van der Waals surface area (Å²) in [7, 11) is -3.95.